The van der Waals surface area contributed by atoms with Crippen molar-refractivity contribution in [2.24, 2.45) is 0 Å². The van der Waals surface area contributed by atoms with Crippen molar-refractivity contribution < 1.29 is 9.15 Å². The van der Waals surface area contributed by atoms with Crippen LogP contribution in [0.15, 0.2) is 64.2 Å². The number of ether oxygens (including phenoxy) is 1. The minimum atomic E-state index is -0.386. The molecule has 0 unspecified atom stereocenters. The highest BCUT2D eigenvalue weighted by molar-refractivity contribution is 5.82. The van der Waals surface area contributed by atoms with Crippen LogP contribution in [0.25, 0.3) is 11.0 Å². The van der Waals surface area contributed by atoms with E-state index in [2.05, 4.69) is 15.0 Å². The fourth-order valence-corrected chi connectivity index (χ4v) is 2.89. The van der Waals surface area contributed by atoms with Crippen molar-refractivity contribution >= 4 is 16.8 Å². The number of aromatic nitrogens is 3. The average Bonchev–Trinajstić information content (AvgIpc) is 2.66. The zero-order valence-corrected chi connectivity index (χ0v) is 14.5. The molecule has 0 aliphatic heterocycles. The van der Waals surface area contributed by atoms with Crippen molar-refractivity contribution in [2.45, 2.75) is 13.3 Å². The summed E-state index contributed by atoms with van der Waals surface area (Å²) in [5.74, 6) is 0.908. The lowest BCUT2D eigenvalue weighted by atomic mass is 10.00. The summed E-state index contributed by atoms with van der Waals surface area (Å²) < 4.78 is 11.1. The van der Waals surface area contributed by atoms with Gasteiger partial charge in [-0.3, -0.25) is 0 Å². The minimum absolute atomic E-state index is 0.225. The minimum Gasteiger partial charge on any atom is -0.424 e. The number of nitrogens with two attached hydrogens (primary N) is 1. The van der Waals surface area contributed by atoms with Gasteiger partial charge < -0.3 is 14.9 Å². The first-order valence-electron chi connectivity index (χ1n) is 8.32. The topological polar surface area (TPSA) is 104 Å². The van der Waals surface area contributed by atoms with Gasteiger partial charge in [-0.15, -0.1) is 0 Å². The predicted molar refractivity (Wildman–Crippen MR) is 101 cm³/mol. The van der Waals surface area contributed by atoms with Crippen LogP contribution in [0.1, 0.15) is 16.7 Å². The van der Waals surface area contributed by atoms with E-state index in [1.165, 1.54) is 0 Å². The highest BCUT2D eigenvalue weighted by Crippen LogP contribution is 2.27. The summed E-state index contributed by atoms with van der Waals surface area (Å²) in [5.41, 5.74) is 8.14. The first-order chi connectivity index (χ1) is 13.1. The van der Waals surface area contributed by atoms with Gasteiger partial charge in [-0.2, -0.15) is 0 Å². The smallest absolute Gasteiger partial charge is 0.340 e. The van der Waals surface area contributed by atoms with Gasteiger partial charge in [0.2, 0.25) is 0 Å². The lowest BCUT2D eigenvalue weighted by molar-refractivity contribution is 0.440. The monoisotopic (exact) mass is 360 g/mol. The van der Waals surface area contributed by atoms with Gasteiger partial charge >= 0.3 is 11.6 Å². The van der Waals surface area contributed by atoms with Crippen molar-refractivity contribution in [2.75, 3.05) is 5.73 Å². The molecule has 4 rings (SSSR count). The molecule has 4 aromatic rings. The largest absolute Gasteiger partial charge is 0.424 e. The first kappa shape index (κ1) is 16.7. The SMILES string of the molecule is Cc1c(Cc2ccnc(N)c2)c(=O)oc2cc(Oc3ncccn3)ccc12. The van der Waals surface area contributed by atoms with Crippen LogP contribution in [0.5, 0.6) is 11.8 Å². The number of hydrogen-bond donors (Lipinski definition) is 1. The van der Waals surface area contributed by atoms with Gasteiger partial charge in [-0.25, -0.2) is 19.7 Å². The Kier molecular flexibility index (Phi) is 4.25. The number of rotatable bonds is 4. The molecule has 0 fully saturated rings. The molecule has 2 N–H and O–H groups in total. The molecule has 0 radical (unpaired) electrons. The fourth-order valence-electron chi connectivity index (χ4n) is 2.89. The van der Waals surface area contributed by atoms with Gasteiger partial charge in [0.1, 0.15) is 17.2 Å². The molecule has 7 heteroatoms. The lowest BCUT2D eigenvalue weighted by Gasteiger charge is -2.09. The summed E-state index contributed by atoms with van der Waals surface area (Å²) in [6, 6.07) is 10.8. The molecule has 0 spiro atoms. The van der Waals surface area contributed by atoms with Gasteiger partial charge in [0.05, 0.1) is 0 Å². The zero-order valence-electron chi connectivity index (χ0n) is 14.5. The zero-order chi connectivity index (χ0) is 18.8. The number of aryl methyl sites for hydroxylation is 1. The normalized spacial score (nSPS) is 10.9. The maximum absolute atomic E-state index is 12.5. The number of fused-ring (bicyclic) bond motifs is 1. The molecule has 0 bridgehead atoms. The van der Waals surface area contributed by atoms with Gasteiger partial charge in [0, 0.05) is 42.0 Å². The van der Waals surface area contributed by atoms with Gasteiger partial charge in [0.25, 0.3) is 0 Å². The third kappa shape index (κ3) is 3.48. The molecule has 1 aromatic carbocycles. The van der Waals surface area contributed by atoms with Crippen molar-refractivity contribution in [1.29, 1.82) is 0 Å². The maximum atomic E-state index is 12.5. The number of benzene rings is 1. The van der Waals surface area contributed by atoms with E-state index in [4.69, 9.17) is 14.9 Å². The number of pyridine rings is 1. The Labute approximate surface area is 154 Å². The van der Waals surface area contributed by atoms with E-state index in [1.54, 1.807) is 42.9 Å². The molecule has 0 atom stereocenters. The molecule has 0 saturated carbocycles. The Hall–Kier alpha value is -3.74. The Morgan fingerprint density at radius 3 is 2.67 bits per heavy atom. The highest BCUT2D eigenvalue weighted by atomic mass is 16.5. The standard InChI is InChI=1S/C20H16N4O3/c1-12-15-4-3-14(26-20-23-6-2-7-24-20)11-17(15)27-19(25)16(12)9-13-5-8-22-18(21)10-13/h2-8,10-11H,9H2,1H3,(H2,21,22). The van der Waals surface area contributed by atoms with Crippen molar-refractivity contribution in [3.8, 4) is 11.8 Å². The van der Waals surface area contributed by atoms with Crippen LogP contribution in [0.2, 0.25) is 0 Å². The predicted octanol–water partition coefficient (Wildman–Crippen LogP) is 3.25. The van der Waals surface area contributed by atoms with E-state index in [-0.39, 0.29) is 11.6 Å². The quantitative estimate of drug-likeness (QED) is 0.557. The number of nitrogen functional groups attached to an aromatic ring is 1. The molecule has 27 heavy (non-hydrogen) atoms. The lowest BCUT2D eigenvalue weighted by Crippen LogP contribution is -2.11. The van der Waals surface area contributed by atoms with E-state index < -0.39 is 0 Å². The fraction of sp³-hybridized carbons (Fsp3) is 0.100. The second kappa shape index (κ2) is 6.87. The third-order valence-corrected chi connectivity index (χ3v) is 4.24. The van der Waals surface area contributed by atoms with Crippen molar-refractivity contribution in [3.05, 3.63) is 82.1 Å². The summed E-state index contributed by atoms with van der Waals surface area (Å²) in [6.45, 7) is 1.90. The molecule has 7 nitrogen and oxygen atoms in total. The Morgan fingerprint density at radius 2 is 1.89 bits per heavy atom. The molecule has 0 amide bonds. The summed E-state index contributed by atoms with van der Waals surface area (Å²) in [7, 11) is 0. The van der Waals surface area contributed by atoms with Crippen molar-refractivity contribution in [3.63, 3.8) is 0 Å². The highest BCUT2D eigenvalue weighted by Gasteiger charge is 2.13. The summed E-state index contributed by atoms with van der Waals surface area (Å²) in [4.78, 5) is 24.5. The van der Waals surface area contributed by atoms with Crippen LogP contribution in [-0.2, 0) is 6.42 Å². The molecule has 3 aromatic heterocycles. The van der Waals surface area contributed by atoms with E-state index in [9.17, 15) is 4.79 Å². The molecular weight excluding hydrogens is 344 g/mol. The maximum Gasteiger partial charge on any atom is 0.340 e. The Morgan fingerprint density at radius 1 is 1.07 bits per heavy atom. The number of hydrogen-bond acceptors (Lipinski definition) is 7. The molecule has 0 aliphatic carbocycles. The van der Waals surface area contributed by atoms with Gasteiger partial charge in [0.15, 0.2) is 0 Å². The van der Waals surface area contributed by atoms with Crippen LogP contribution in [-0.4, -0.2) is 15.0 Å². The summed E-state index contributed by atoms with van der Waals surface area (Å²) >= 11 is 0. The van der Waals surface area contributed by atoms with Crippen LogP contribution in [0.4, 0.5) is 5.82 Å². The van der Waals surface area contributed by atoms with E-state index in [1.807, 2.05) is 19.1 Å². The third-order valence-electron chi connectivity index (χ3n) is 4.24. The van der Waals surface area contributed by atoms with Gasteiger partial charge in [-0.1, -0.05) is 0 Å². The van der Waals surface area contributed by atoms with Crippen LogP contribution in [0, 0.1) is 6.92 Å². The van der Waals surface area contributed by atoms with Crippen LogP contribution in [0.3, 0.4) is 0 Å². The Bertz CT molecular complexity index is 1170. The molecule has 3 heterocycles. The summed E-state index contributed by atoms with van der Waals surface area (Å²) in [5, 5.41) is 0.841. The van der Waals surface area contributed by atoms with E-state index in [0.717, 1.165) is 16.5 Å². The Balaban J connectivity index is 1.71. The average molecular weight is 360 g/mol. The number of anilines is 1. The summed E-state index contributed by atoms with van der Waals surface area (Å²) in [6.07, 6.45) is 5.22. The van der Waals surface area contributed by atoms with E-state index in [0.29, 0.717) is 29.1 Å². The molecule has 0 aliphatic rings. The van der Waals surface area contributed by atoms with E-state index >= 15 is 0 Å². The molecular formula is C20H16N4O3. The van der Waals surface area contributed by atoms with Crippen molar-refractivity contribution in [1.82, 2.24) is 15.0 Å². The van der Waals surface area contributed by atoms with Crippen LogP contribution < -0.4 is 16.1 Å². The molecule has 0 saturated heterocycles. The first-order valence-corrected chi connectivity index (χ1v) is 8.32. The number of nitrogens with zero attached hydrogens (tertiary/aromatic N) is 3. The second-order valence-electron chi connectivity index (χ2n) is 6.05. The molecule has 134 valence electrons. The van der Waals surface area contributed by atoms with Crippen LogP contribution >= 0.6 is 0 Å². The second-order valence-corrected chi connectivity index (χ2v) is 6.05. The van der Waals surface area contributed by atoms with Gasteiger partial charge in [-0.05, 0) is 48.4 Å².